The summed E-state index contributed by atoms with van der Waals surface area (Å²) >= 11 is 3.33. The second-order valence-corrected chi connectivity index (χ2v) is 7.67. The van der Waals surface area contributed by atoms with Gasteiger partial charge in [-0.25, -0.2) is 19.9 Å². The maximum Gasteiger partial charge on any atom is 0.153 e. The van der Waals surface area contributed by atoms with Crippen molar-refractivity contribution in [3.63, 3.8) is 0 Å². The van der Waals surface area contributed by atoms with E-state index in [9.17, 15) is 0 Å². The Balaban J connectivity index is 1.20. The van der Waals surface area contributed by atoms with E-state index in [0.29, 0.717) is 0 Å². The van der Waals surface area contributed by atoms with Gasteiger partial charge in [-0.2, -0.15) is 0 Å². The van der Waals surface area contributed by atoms with Crippen LogP contribution in [0.3, 0.4) is 0 Å². The first-order valence-electron chi connectivity index (χ1n) is 8.44. The summed E-state index contributed by atoms with van der Waals surface area (Å²) in [6, 6.07) is 4.11. The Morgan fingerprint density at radius 3 is 2.44 bits per heavy atom. The third-order valence-corrected chi connectivity index (χ3v) is 5.67. The maximum absolute atomic E-state index is 4.61. The standard InChI is InChI=1S/C19H18N4S2/c1(2-4-6-16-20-12-14-8-10-24-18(14)22-16)3-5-7-17-21-13-15-9-11-25-19(15)23-17/h4,6,8-13H,1-3,5,7H2/b6-4+. The Hall–Kier alpha value is -2.18. The minimum absolute atomic E-state index is 0.799. The van der Waals surface area contributed by atoms with Crippen molar-refractivity contribution in [2.24, 2.45) is 0 Å². The first kappa shape index (κ1) is 16.3. The minimum Gasteiger partial charge on any atom is -0.241 e. The van der Waals surface area contributed by atoms with Crippen molar-refractivity contribution in [2.45, 2.75) is 32.1 Å². The molecule has 0 radical (unpaired) electrons. The third kappa shape index (κ3) is 4.08. The second-order valence-electron chi connectivity index (χ2n) is 5.88. The van der Waals surface area contributed by atoms with Crippen LogP contribution in [0.5, 0.6) is 0 Å². The smallest absolute Gasteiger partial charge is 0.153 e. The summed E-state index contributed by atoms with van der Waals surface area (Å²) < 4.78 is 0. The van der Waals surface area contributed by atoms with E-state index in [-0.39, 0.29) is 0 Å². The monoisotopic (exact) mass is 366 g/mol. The molecule has 6 heteroatoms. The normalized spacial score (nSPS) is 11.8. The van der Waals surface area contributed by atoms with E-state index >= 15 is 0 Å². The molecule has 4 aromatic rings. The molecule has 0 aromatic carbocycles. The Morgan fingerprint density at radius 1 is 0.840 bits per heavy atom. The van der Waals surface area contributed by atoms with Gasteiger partial charge in [0.2, 0.25) is 0 Å². The molecule has 0 saturated heterocycles. The fraction of sp³-hybridized carbons (Fsp3) is 0.263. The molecule has 4 aromatic heterocycles. The highest BCUT2D eigenvalue weighted by Crippen LogP contribution is 2.18. The van der Waals surface area contributed by atoms with Gasteiger partial charge >= 0.3 is 0 Å². The Labute approximate surface area is 154 Å². The van der Waals surface area contributed by atoms with Crippen LogP contribution >= 0.6 is 22.7 Å². The fourth-order valence-electron chi connectivity index (χ4n) is 2.67. The Kier molecular flexibility index (Phi) is 5.09. The predicted octanol–water partition coefficient (Wildman–Crippen LogP) is 5.51. The van der Waals surface area contributed by atoms with Gasteiger partial charge in [0.1, 0.15) is 15.5 Å². The highest BCUT2D eigenvalue weighted by atomic mass is 32.1. The SMILES string of the molecule is C(=C\c1ncc2ccsc2n1)/CCCCCc1ncc2ccsc2n1. The van der Waals surface area contributed by atoms with E-state index in [1.165, 1.54) is 12.8 Å². The zero-order chi connectivity index (χ0) is 16.9. The number of thiophene rings is 2. The van der Waals surface area contributed by atoms with E-state index in [2.05, 4.69) is 37.5 Å². The van der Waals surface area contributed by atoms with E-state index in [1.54, 1.807) is 22.7 Å². The van der Waals surface area contributed by atoms with Crippen LogP contribution in [0, 0.1) is 0 Å². The van der Waals surface area contributed by atoms with E-state index in [1.807, 2.05) is 29.9 Å². The molecule has 0 aliphatic heterocycles. The number of aromatic nitrogens is 4. The van der Waals surface area contributed by atoms with Crippen LogP contribution in [0.15, 0.2) is 41.4 Å². The number of allylic oxidation sites excluding steroid dienone is 1. The molecule has 0 saturated carbocycles. The van der Waals surface area contributed by atoms with Gasteiger partial charge in [0.05, 0.1) is 0 Å². The van der Waals surface area contributed by atoms with Gasteiger partial charge in [-0.15, -0.1) is 22.7 Å². The van der Waals surface area contributed by atoms with Gasteiger partial charge < -0.3 is 0 Å². The van der Waals surface area contributed by atoms with Gasteiger partial charge in [0.15, 0.2) is 5.82 Å². The van der Waals surface area contributed by atoms with Crippen LogP contribution in [-0.2, 0) is 6.42 Å². The number of unbranched alkanes of at least 4 members (excludes halogenated alkanes) is 3. The number of nitrogens with zero attached hydrogens (tertiary/aromatic N) is 4. The largest absolute Gasteiger partial charge is 0.241 e. The molecular formula is C19H18N4S2. The van der Waals surface area contributed by atoms with Crippen molar-refractivity contribution >= 4 is 49.2 Å². The summed E-state index contributed by atoms with van der Waals surface area (Å²) in [5.74, 6) is 1.76. The lowest BCUT2D eigenvalue weighted by Crippen LogP contribution is -1.94. The lowest BCUT2D eigenvalue weighted by molar-refractivity contribution is 0.671. The number of aryl methyl sites for hydroxylation is 1. The van der Waals surface area contributed by atoms with E-state index < -0.39 is 0 Å². The highest BCUT2D eigenvalue weighted by molar-refractivity contribution is 7.17. The van der Waals surface area contributed by atoms with Crippen molar-refractivity contribution < 1.29 is 0 Å². The van der Waals surface area contributed by atoms with E-state index in [0.717, 1.165) is 51.3 Å². The fourth-order valence-corrected chi connectivity index (χ4v) is 4.18. The number of hydrogen-bond acceptors (Lipinski definition) is 6. The molecule has 0 spiro atoms. The lowest BCUT2D eigenvalue weighted by atomic mass is 10.1. The van der Waals surface area contributed by atoms with Gasteiger partial charge in [-0.3, -0.25) is 0 Å². The van der Waals surface area contributed by atoms with Crippen molar-refractivity contribution in [1.29, 1.82) is 0 Å². The van der Waals surface area contributed by atoms with Crippen molar-refractivity contribution in [2.75, 3.05) is 0 Å². The van der Waals surface area contributed by atoms with E-state index in [4.69, 9.17) is 0 Å². The van der Waals surface area contributed by atoms with Crippen LogP contribution in [0.25, 0.3) is 26.5 Å². The zero-order valence-electron chi connectivity index (χ0n) is 13.8. The van der Waals surface area contributed by atoms with Crippen molar-refractivity contribution in [3.05, 3.63) is 53.0 Å². The molecule has 0 atom stereocenters. The number of fused-ring (bicyclic) bond motifs is 2. The third-order valence-electron chi connectivity index (χ3n) is 4.02. The Morgan fingerprint density at radius 2 is 1.60 bits per heavy atom. The molecule has 25 heavy (non-hydrogen) atoms. The molecule has 0 aliphatic carbocycles. The quantitative estimate of drug-likeness (QED) is 0.405. The molecule has 0 N–H and O–H groups in total. The van der Waals surface area contributed by atoms with Crippen molar-refractivity contribution in [3.8, 4) is 0 Å². The molecule has 0 aliphatic rings. The van der Waals surface area contributed by atoms with Crippen LogP contribution < -0.4 is 0 Å². The molecule has 0 bridgehead atoms. The summed E-state index contributed by atoms with van der Waals surface area (Å²) in [6.45, 7) is 0. The average Bonchev–Trinajstić information content (AvgIpc) is 3.29. The van der Waals surface area contributed by atoms with Crippen molar-refractivity contribution in [1.82, 2.24) is 19.9 Å². The summed E-state index contributed by atoms with van der Waals surface area (Å²) in [6.07, 6.45) is 13.5. The average molecular weight is 367 g/mol. The number of hydrogen-bond donors (Lipinski definition) is 0. The summed E-state index contributed by atoms with van der Waals surface area (Å²) in [7, 11) is 0. The lowest BCUT2D eigenvalue weighted by Gasteiger charge is -2.00. The minimum atomic E-state index is 0.799. The Bertz CT molecular complexity index is 1000. The maximum atomic E-state index is 4.61. The molecule has 0 amide bonds. The first-order chi connectivity index (χ1) is 12.4. The van der Waals surface area contributed by atoms with Gasteiger partial charge in [-0.05, 0) is 48.2 Å². The van der Waals surface area contributed by atoms with Crippen LogP contribution in [0.1, 0.15) is 37.3 Å². The molecule has 126 valence electrons. The van der Waals surface area contributed by atoms with Gasteiger partial charge in [-0.1, -0.05) is 12.5 Å². The molecule has 4 rings (SSSR count). The molecule has 0 fully saturated rings. The molecule has 4 heterocycles. The topological polar surface area (TPSA) is 51.6 Å². The summed E-state index contributed by atoms with van der Waals surface area (Å²) in [5, 5.41) is 6.37. The highest BCUT2D eigenvalue weighted by Gasteiger charge is 2.01. The van der Waals surface area contributed by atoms with Crippen LogP contribution in [0.4, 0.5) is 0 Å². The van der Waals surface area contributed by atoms with Crippen LogP contribution in [0.2, 0.25) is 0 Å². The number of rotatable bonds is 7. The summed E-state index contributed by atoms with van der Waals surface area (Å²) in [5.41, 5.74) is 0. The van der Waals surface area contributed by atoms with Gasteiger partial charge in [0.25, 0.3) is 0 Å². The molecular weight excluding hydrogens is 348 g/mol. The zero-order valence-corrected chi connectivity index (χ0v) is 15.4. The van der Waals surface area contributed by atoms with Crippen LogP contribution in [-0.4, -0.2) is 19.9 Å². The molecule has 0 unspecified atom stereocenters. The predicted molar refractivity (Wildman–Crippen MR) is 106 cm³/mol. The first-order valence-corrected chi connectivity index (χ1v) is 10.2. The molecule has 4 nitrogen and oxygen atoms in total. The summed E-state index contributed by atoms with van der Waals surface area (Å²) in [4.78, 5) is 20.1. The van der Waals surface area contributed by atoms with Gasteiger partial charge in [0, 0.05) is 29.6 Å². The second kappa shape index (κ2) is 7.80.